The summed E-state index contributed by atoms with van der Waals surface area (Å²) in [6.07, 6.45) is 2.25. The summed E-state index contributed by atoms with van der Waals surface area (Å²) < 4.78 is 1.25. The summed E-state index contributed by atoms with van der Waals surface area (Å²) in [7, 11) is 1.57. The highest BCUT2D eigenvalue weighted by Crippen LogP contribution is 2.26. The molecular weight excluding hydrogens is 451 g/mol. The fraction of sp³-hybridized carbons (Fsp3) is 0.304. The number of amides is 2. The summed E-state index contributed by atoms with van der Waals surface area (Å²) in [5.41, 5.74) is 0.823. The Hall–Kier alpha value is -2.90. The molecule has 1 aliphatic rings. The zero-order valence-corrected chi connectivity index (χ0v) is 19.0. The van der Waals surface area contributed by atoms with E-state index in [-0.39, 0.29) is 23.8 Å². The maximum absolute atomic E-state index is 13.3. The highest BCUT2D eigenvalue weighted by atomic mass is 35.5. The third kappa shape index (κ3) is 4.49. The van der Waals surface area contributed by atoms with Gasteiger partial charge in [0.05, 0.1) is 27.5 Å². The number of hydrogen-bond acceptors (Lipinski definition) is 4. The lowest BCUT2D eigenvalue weighted by atomic mass is 10.00. The van der Waals surface area contributed by atoms with E-state index in [1.807, 2.05) is 6.07 Å². The average Bonchev–Trinajstić information content (AvgIpc) is 2.79. The van der Waals surface area contributed by atoms with Gasteiger partial charge in [-0.05, 0) is 43.5 Å². The smallest absolute Gasteiger partial charge is 0.274 e. The highest BCUT2D eigenvalue weighted by molar-refractivity contribution is 6.42. The molecule has 1 fully saturated rings. The normalized spacial score (nSPS) is 16.2. The molecule has 9 heteroatoms. The molecular formula is C23H22Cl2N4O3. The Morgan fingerprint density at radius 2 is 1.84 bits per heavy atom. The number of nitrogens with one attached hydrogen (secondary N) is 1. The number of fused-ring (bicyclic) bond motifs is 1. The molecule has 1 atom stereocenters. The Bertz CT molecular complexity index is 1260. The Balaban J connectivity index is 1.56. The molecule has 0 aliphatic carbocycles. The molecule has 1 aromatic heterocycles. The number of nitrogens with zero attached hydrogens (tertiary/aromatic N) is 3. The minimum atomic E-state index is -0.593. The van der Waals surface area contributed by atoms with E-state index < -0.39 is 6.04 Å². The molecule has 1 unspecified atom stereocenters. The van der Waals surface area contributed by atoms with Crippen molar-refractivity contribution in [1.82, 2.24) is 14.7 Å². The van der Waals surface area contributed by atoms with Crippen LogP contribution in [0.15, 0.2) is 47.3 Å². The minimum Gasteiger partial charge on any atom is -0.330 e. The molecule has 2 aromatic carbocycles. The van der Waals surface area contributed by atoms with Crippen molar-refractivity contribution >= 4 is 51.5 Å². The van der Waals surface area contributed by atoms with Gasteiger partial charge in [0.15, 0.2) is 0 Å². The predicted octanol–water partition coefficient (Wildman–Crippen LogP) is 3.80. The van der Waals surface area contributed by atoms with Crippen molar-refractivity contribution in [2.75, 3.05) is 11.9 Å². The van der Waals surface area contributed by atoms with Crippen LogP contribution >= 0.6 is 23.2 Å². The minimum absolute atomic E-state index is 0.00515. The van der Waals surface area contributed by atoms with Crippen LogP contribution in [0.3, 0.4) is 0 Å². The van der Waals surface area contributed by atoms with Crippen LogP contribution in [0, 0.1) is 0 Å². The van der Waals surface area contributed by atoms with E-state index in [0.29, 0.717) is 45.2 Å². The van der Waals surface area contributed by atoms with Crippen molar-refractivity contribution in [3.8, 4) is 0 Å². The van der Waals surface area contributed by atoms with E-state index in [2.05, 4.69) is 10.4 Å². The summed E-state index contributed by atoms with van der Waals surface area (Å²) in [6.45, 7) is 0.488. The van der Waals surface area contributed by atoms with E-state index in [9.17, 15) is 14.4 Å². The average molecular weight is 473 g/mol. The number of aromatic nitrogens is 2. The number of anilines is 1. The number of benzene rings is 2. The number of likely N-dealkylation sites (tertiary alicyclic amines) is 1. The molecule has 7 nitrogen and oxygen atoms in total. The lowest BCUT2D eigenvalue weighted by Gasteiger charge is -2.34. The number of aryl methyl sites for hydroxylation is 1. The summed E-state index contributed by atoms with van der Waals surface area (Å²) in [4.78, 5) is 40.2. The molecule has 4 rings (SSSR count). The molecule has 0 radical (unpaired) electrons. The zero-order chi connectivity index (χ0) is 22.8. The molecule has 3 aromatic rings. The first-order chi connectivity index (χ1) is 15.3. The number of piperidine rings is 1. The van der Waals surface area contributed by atoms with Crippen LogP contribution in [0.25, 0.3) is 10.8 Å². The van der Waals surface area contributed by atoms with Crippen molar-refractivity contribution < 1.29 is 9.59 Å². The van der Waals surface area contributed by atoms with Gasteiger partial charge in [0.2, 0.25) is 11.8 Å². The van der Waals surface area contributed by atoms with Crippen LogP contribution in [-0.2, 0) is 23.1 Å². The number of hydrogen-bond donors (Lipinski definition) is 1. The molecule has 2 heterocycles. The van der Waals surface area contributed by atoms with Gasteiger partial charge in [0.25, 0.3) is 5.56 Å². The first-order valence-corrected chi connectivity index (χ1v) is 11.1. The van der Waals surface area contributed by atoms with Crippen molar-refractivity contribution in [2.24, 2.45) is 7.05 Å². The van der Waals surface area contributed by atoms with Gasteiger partial charge in [-0.15, -0.1) is 0 Å². The Morgan fingerprint density at radius 3 is 2.59 bits per heavy atom. The van der Waals surface area contributed by atoms with Crippen LogP contribution < -0.4 is 10.9 Å². The molecule has 2 amide bonds. The van der Waals surface area contributed by atoms with Gasteiger partial charge in [-0.1, -0.05) is 41.4 Å². The molecule has 166 valence electrons. The SMILES string of the molecule is Cn1nc(CC(=O)N2CCCCC2C(=O)Nc2ccc(Cl)c(Cl)c2)c2ccccc2c1=O. The number of rotatable bonds is 4. The first-order valence-electron chi connectivity index (χ1n) is 10.4. The van der Waals surface area contributed by atoms with Crippen molar-refractivity contribution in [2.45, 2.75) is 31.7 Å². The van der Waals surface area contributed by atoms with Gasteiger partial charge in [-0.2, -0.15) is 5.10 Å². The van der Waals surface area contributed by atoms with E-state index in [1.165, 1.54) is 4.68 Å². The second kappa shape index (κ2) is 9.30. The monoisotopic (exact) mass is 472 g/mol. The third-order valence-corrected chi connectivity index (χ3v) is 6.40. The van der Waals surface area contributed by atoms with Crippen LogP contribution in [0.2, 0.25) is 10.0 Å². The van der Waals surface area contributed by atoms with Gasteiger partial charge in [-0.25, -0.2) is 4.68 Å². The van der Waals surface area contributed by atoms with Crippen molar-refractivity contribution in [3.05, 3.63) is 68.6 Å². The van der Waals surface area contributed by atoms with Crippen LogP contribution in [0.1, 0.15) is 25.0 Å². The standard InChI is InChI=1S/C23H22Cl2N4O3/c1-28-23(32)16-7-3-2-6-15(16)19(27-28)13-21(30)29-11-5-4-8-20(29)22(31)26-14-9-10-17(24)18(25)12-14/h2-3,6-7,9-10,12,20H,4-5,8,11,13H2,1H3,(H,26,31). The van der Waals surface area contributed by atoms with Crippen LogP contribution in [0.4, 0.5) is 5.69 Å². The highest BCUT2D eigenvalue weighted by Gasteiger charge is 2.32. The second-order valence-electron chi connectivity index (χ2n) is 7.81. The lowest BCUT2D eigenvalue weighted by molar-refractivity contribution is -0.139. The van der Waals surface area contributed by atoms with E-state index in [4.69, 9.17) is 23.2 Å². The zero-order valence-electron chi connectivity index (χ0n) is 17.5. The Morgan fingerprint density at radius 1 is 1.09 bits per heavy atom. The first kappa shape index (κ1) is 22.3. The van der Waals surface area contributed by atoms with Gasteiger partial charge in [-0.3, -0.25) is 14.4 Å². The lowest BCUT2D eigenvalue weighted by Crippen LogP contribution is -2.50. The van der Waals surface area contributed by atoms with Crippen LogP contribution in [0.5, 0.6) is 0 Å². The van der Waals surface area contributed by atoms with Gasteiger partial charge in [0.1, 0.15) is 6.04 Å². The largest absolute Gasteiger partial charge is 0.330 e. The molecule has 1 aliphatic heterocycles. The predicted molar refractivity (Wildman–Crippen MR) is 125 cm³/mol. The van der Waals surface area contributed by atoms with E-state index in [0.717, 1.165) is 12.8 Å². The second-order valence-corrected chi connectivity index (χ2v) is 8.63. The Kier molecular flexibility index (Phi) is 6.48. The molecule has 0 bridgehead atoms. The maximum Gasteiger partial charge on any atom is 0.274 e. The van der Waals surface area contributed by atoms with Gasteiger partial charge >= 0.3 is 0 Å². The summed E-state index contributed by atoms with van der Waals surface area (Å²) in [5.74, 6) is -0.468. The third-order valence-electron chi connectivity index (χ3n) is 5.66. The maximum atomic E-state index is 13.3. The molecule has 0 spiro atoms. The summed E-state index contributed by atoms with van der Waals surface area (Å²) in [5, 5.41) is 9.06. The molecule has 1 saturated heterocycles. The Labute approximate surface area is 194 Å². The molecule has 0 saturated carbocycles. The fourth-order valence-corrected chi connectivity index (χ4v) is 4.35. The molecule has 32 heavy (non-hydrogen) atoms. The number of carbonyl (C=O) groups is 2. The van der Waals surface area contributed by atoms with Crippen molar-refractivity contribution in [1.29, 1.82) is 0 Å². The molecule has 1 N–H and O–H groups in total. The van der Waals surface area contributed by atoms with Gasteiger partial charge < -0.3 is 10.2 Å². The quantitative estimate of drug-likeness (QED) is 0.625. The van der Waals surface area contributed by atoms with Crippen molar-refractivity contribution in [3.63, 3.8) is 0 Å². The van der Waals surface area contributed by atoms with E-state index >= 15 is 0 Å². The summed E-state index contributed by atoms with van der Waals surface area (Å²) >= 11 is 12.0. The van der Waals surface area contributed by atoms with Gasteiger partial charge in [0, 0.05) is 24.7 Å². The number of halogens is 2. The number of carbonyl (C=O) groups excluding carboxylic acids is 2. The topological polar surface area (TPSA) is 84.3 Å². The summed E-state index contributed by atoms with van der Waals surface area (Å²) in [6, 6.07) is 11.4. The van der Waals surface area contributed by atoms with E-state index in [1.54, 1.807) is 48.3 Å². The van der Waals surface area contributed by atoms with Crippen LogP contribution in [-0.4, -0.2) is 39.1 Å². The fourth-order valence-electron chi connectivity index (χ4n) is 4.05.